The number of rotatable bonds is 4. The molecule has 0 saturated carbocycles. The number of methoxy groups -OCH3 is 1. The topological polar surface area (TPSA) is 93.0 Å². The van der Waals surface area contributed by atoms with Gasteiger partial charge in [-0.1, -0.05) is 29.3 Å². The molecule has 118 valence electrons. The summed E-state index contributed by atoms with van der Waals surface area (Å²) in [6, 6.07) is 8.39. The minimum Gasteiger partial charge on any atom is -0.496 e. The smallest absolute Gasteiger partial charge is 0.252 e. The molecule has 0 aliphatic rings. The average molecular weight is 351 g/mol. The number of hydrogen-bond donors (Lipinski definition) is 3. The zero-order valence-corrected chi connectivity index (χ0v) is 13.5. The Balaban J connectivity index is 2.05. The van der Waals surface area contributed by atoms with Crippen LogP contribution in [0.4, 0.5) is 11.6 Å². The summed E-state index contributed by atoms with van der Waals surface area (Å²) in [7, 11) is 1.46. The Hall–Kier alpha value is -2.44. The van der Waals surface area contributed by atoms with E-state index in [4.69, 9.17) is 33.7 Å². The van der Waals surface area contributed by atoms with Crippen molar-refractivity contribution in [3.8, 4) is 5.75 Å². The minimum atomic E-state index is -0.581. The molecule has 0 aliphatic heterocycles. The summed E-state index contributed by atoms with van der Waals surface area (Å²) in [6.45, 7) is 0. The average Bonchev–Trinajstić information content (AvgIpc) is 2.91. The van der Waals surface area contributed by atoms with Crippen LogP contribution in [0.5, 0.6) is 5.75 Å². The molecule has 0 saturated heterocycles. The van der Waals surface area contributed by atoms with Gasteiger partial charge in [-0.3, -0.25) is 4.79 Å². The van der Waals surface area contributed by atoms with Crippen molar-refractivity contribution in [2.24, 2.45) is 5.73 Å². The van der Waals surface area contributed by atoms with Gasteiger partial charge in [-0.2, -0.15) is 0 Å². The van der Waals surface area contributed by atoms with E-state index < -0.39 is 5.91 Å². The number of imidazole rings is 1. The van der Waals surface area contributed by atoms with Gasteiger partial charge in [0.1, 0.15) is 5.75 Å². The second kappa shape index (κ2) is 5.98. The van der Waals surface area contributed by atoms with Gasteiger partial charge in [0.05, 0.1) is 39.4 Å². The van der Waals surface area contributed by atoms with E-state index in [-0.39, 0.29) is 5.56 Å². The van der Waals surface area contributed by atoms with E-state index in [1.807, 2.05) is 0 Å². The van der Waals surface area contributed by atoms with E-state index >= 15 is 0 Å². The number of H-pyrrole nitrogens is 1. The third-order valence-electron chi connectivity index (χ3n) is 3.27. The fourth-order valence-corrected chi connectivity index (χ4v) is 2.69. The first kappa shape index (κ1) is 15.5. The molecule has 0 spiro atoms. The maximum Gasteiger partial charge on any atom is 0.252 e. The van der Waals surface area contributed by atoms with Gasteiger partial charge >= 0.3 is 0 Å². The third kappa shape index (κ3) is 2.91. The SMILES string of the molecule is COc1cc2nc(Nc3c(Cl)cccc3Cl)[nH]c2cc1C(N)=O. The highest BCUT2D eigenvalue weighted by atomic mass is 35.5. The van der Waals surface area contributed by atoms with Gasteiger partial charge in [-0.05, 0) is 18.2 Å². The molecule has 3 aromatic rings. The van der Waals surface area contributed by atoms with E-state index in [2.05, 4.69) is 15.3 Å². The fourth-order valence-electron chi connectivity index (χ4n) is 2.19. The number of primary amides is 1. The number of anilines is 2. The van der Waals surface area contributed by atoms with Crippen molar-refractivity contribution in [3.63, 3.8) is 0 Å². The normalized spacial score (nSPS) is 10.7. The number of para-hydroxylation sites is 1. The van der Waals surface area contributed by atoms with Gasteiger partial charge in [-0.15, -0.1) is 0 Å². The third-order valence-corrected chi connectivity index (χ3v) is 3.90. The lowest BCUT2D eigenvalue weighted by atomic mass is 10.1. The van der Waals surface area contributed by atoms with Crippen molar-refractivity contribution in [1.82, 2.24) is 9.97 Å². The zero-order valence-electron chi connectivity index (χ0n) is 12.0. The van der Waals surface area contributed by atoms with Crippen LogP contribution in [-0.2, 0) is 0 Å². The molecule has 0 radical (unpaired) electrons. The minimum absolute atomic E-state index is 0.269. The summed E-state index contributed by atoms with van der Waals surface area (Å²) >= 11 is 12.2. The number of carbonyl (C=O) groups is 1. The van der Waals surface area contributed by atoms with Crippen LogP contribution in [0.15, 0.2) is 30.3 Å². The van der Waals surface area contributed by atoms with E-state index in [1.54, 1.807) is 30.3 Å². The Morgan fingerprint density at radius 3 is 2.61 bits per heavy atom. The largest absolute Gasteiger partial charge is 0.496 e. The number of benzene rings is 2. The molecule has 0 fully saturated rings. The molecular weight excluding hydrogens is 339 g/mol. The van der Waals surface area contributed by atoms with Crippen molar-refractivity contribution in [2.75, 3.05) is 12.4 Å². The first-order chi connectivity index (χ1) is 11.0. The number of fused-ring (bicyclic) bond motifs is 1. The molecule has 3 rings (SSSR count). The second-order valence-corrected chi connectivity index (χ2v) is 5.56. The number of nitrogens with two attached hydrogens (primary N) is 1. The highest BCUT2D eigenvalue weighted by Gasteiger charge is 2.14. The van der Waals surface area contributed by atoms with Crippen LogP contribution in [0.25, 0.3) is 11.0 Å². The fraction of sp³-hybridized carbons (Fsp3) is 0.0667. The van der Waals surface area contributed by atoms with Gasteiger partial charge in [0.2, 0.25) is 5.95 Å². The number of nitrogens with zero attached hydrogens (tertiary/aromatic N) is 1. The van der Waals surface area contributed by atoms with Gasteiger partial charge in [0.25, 0.3) is 5.91 Å². The number of aromatic amines is 1. The Morgan fingerprint density at radius 1 is 1.30 bits per heavy atom. The molecule has 0 unspecified atom stereocenters. The molecule has 1 heterocycles. The number of amides is 1. The number of hydrogen-bond acceptors (Lipinski definition) is 4. The van der Waals surface area contributed by atoms with E-state index in [1.165, 1.54) is 7.11 Å². The van der Waals surface area contributed by atoms with Crippen molar-refractivity contribution < 1.29 is 9.53 Å². The van der Waals surface area contributed by atoms with Crippen molar-refractivity contribution in [2.45, 2.75) is 0 Å². The molecular formula is C15H12Cl2N4O2. The summed E-state index contributed by atoms with van der Waals surface area (Å²) in [4.78, 5) is 18.9. The van der Waals surface area contributed by atoms with E-state index in [0.717, 1.165) is 0 Å². The predicted molar refractivity (Wildman–Crippen MR) is 90.9 cm³/mol. The molecule has 23 heavy (non-hydrogen) atoms. The Labute approximate surface area is 141 Å². The number of halogens is 2. The maximum atomic E-state index is 11.5. The Kier molecular flexibility index (Phi) is 4.02. The monoisotopic (exact) mass is 350 g/mol. The summed E-state index contributed by atoms with van der Waals surface area (Å²) in [6.07, 6.45) is 0. The molecule has 2 aromatic carbocycles. The first-order valence-electron chi connectivity index (χ1n) is 6.58. The standard InChI is InChI=1S/C15H12Cl2N4O2/c1-23-12-6-11-10(5-7(12)14(18)22)19-15(20-11)21-13-8(16)3-2-4-9(13)17/h2-6H,1H3,(H2,18,22)(H2,19,20,21). The van der Waals surface area contributed by atoms with Crippen molar-refractivity contribution in [3.05, 3.63) is 45.9 Å². The number of nitrogens with one attached hydrogen (secondary N) is 2. The van der Waals surface area contributed by atoms with Crippen LogP contribution < -0.4 is 15.8 Å². The van der Waals surface area contributed by atoms with Gasteiger partial charge in [0, 0.05) is 6.07 Å². The van der Waals surface area contributed by atoms with Crippen LogP contribution in [0.2, 0.25) is 10.0 Å². The van der Waals surface area contributed by atoms with Crippen molar-refractivity contribution in [1.29, 1.82) is 0 Å². The summed E-state index contributed by atoms with van der Waals surface area (Å²) in [5.74, 6) is 0.208. The lowest BCUT2D eigenvalue weighted by molar-refractivity contribution is 0.0997. The highest BCUT2D eigenvalue weighted by Crippen LogP contribution is 2.33. The lowest BCUT2D eigenvalue weighted by Crippen LogP contribution is -2.12. The Morgan fingerprint density at radius 2 is 2.00 bits per heavy atom. The molecule has 0 aliphatic carbocycles. The lowest BCUT2D eigenvalue weighted by Gasteiger charge is -2.06. The molecule has 0 atom stereocenters. The van der Waals surface area contributed by atoms with Crippen LogP contribution in [0.3, 0.4) is 0 Å². The summed E-state index contributed by atoms with van der Waals surface area (Å²) in [5, 5.41) is 3.96. The maximum absolute atomic E-state index is 11.5. The number of aromatic nitrogens is 2. The first-order valence-corrected chi connectivity index (χ1v) is 7.33. The zero-order chi connectivity index (χ0) is 16.6. The number of ether oxygens (including phenoxy) is 1. The van der Waals surface area contributed by atoms with Gasteiger partial charge < -0.3 is 20.8 Å². The molecule has 1 amide bonds. The highest BCUT2D eigenvalue weighted by molar-refractivity contribution is 6.39. The quantitative estimate of drug-likeness (QED) is 0.668. The molecule has 8 heteroatoms. The van der Waals surface area contributed by atoms with Gasteiger partial charge in [0.15, 0.2) is 0 Å². The van der Waals surface area contributed by atoms with Crippen LogP contribution in [-0.4, -0.2) is 23.0 Å². The summed E-state index contributed by atoms with van der Waals surface area (Å²) < 4.78 is 5.16. The van der Waals surface area contributed by atoms with E-state index in [0.29, 0.717) is 38.5 Å². The number of carbonyl (C=O) groups excluding carboxylic acids is 1. The molecule has 0 bridgehead atoms. The molecule has 1 aromatic heterocycles. The van der Waals surface area contributed by atoms with Crippen LogP contribution in [0.1, 0.15) is 10.4 Å². The molecule has 6 nitrogen and oxygen atoms in total. The van der Waals surface area contributed by atoms with Crippen LogP contribution in [0, 0.1) is 0 Å². The van der Waals surface area contributed by atoms with E-state index in [9.17, 15) is 4.79 Å². The molecule has 4 N–H and O–H groups in total. The predicted octanol–water partition coefficient (Wildman–Crippen LogP) is 3.72. The van der Waals surface area contributed by atoms with Gasteiger partial charge in [-0.25, -0.2) is 4.98 Å². The van der Waals surface area contributed by atoms with Crippen LogP contribution >= 0.6 is 23.2 Å². The second-order valence-electron chi connectivity index (χ2n) is 4.74. The van der Waals surface area contributed by atoms with Crippen molar-refractivity contribution >= 4 is 51.8 Å². The Bertz CT molecular complexity index is 888. The summed E-state index contributed by atoms with van der Waals surface area (Å²) in [5.41, 5.74) is 7.39.